The normalized spacial score (nSPS) is 15.5. The number of piperidine rings is 1. The van der Waals surface area contributed by atoms with Crippen molar-refractivity contribution in [2.45, 2.75) is 59.1 Å². The van der Waals surface area contributed by atoms with E-state index in [0.29, 0.717) is 17.5 Å². The van der Waals surface area contributed by atoms with E-state index in [1.165, 1.54) is 16.7 Å². The van der Waals surface area contributed by atoms with Gasteiger partial charge in [0.05, 0.1) is 33.3 Å². The van der Waals surface area contributed by atoms with Crippen LogP contribution in [0.4, 0.5) is 34.9 Å². The molecule has 0 aliphatic carbocycles. The Morgan fingerprint density at radius 2 is 1.85 bits per heavy atom. The minimum absolute atomic E-state index is 0.00541. The highest BCUT2D eigenvalue weighted by Gasteiger charge is 2.35. The Morgan fingerprint density at radius 3 is 2.45 bits per heavy atom. The maximum absolute atomic E-state index is 13.7. The molecule has 216 valence electrons. The van der Waals surface area contributed by atoms with Crippen molar-refractivity contribution in [3.8, 4) is 0 Å². The number of imidazole rings is 1. The van der Waals surface area contributed by atoms with Crippen molar-refractivity contribution in [2.24, 2.45) is 5.41 Å². The number of hydrogen-bond donors (Lipinski definition) is 2. The second-order valence-corrected chi connectivity index (χ2v) is 11.5. The molecular formula is C27H29Cl2F4N5O2. The van der Waals surface area contributed by atoms with E-state index in [9.17, 15) is 27.2 Å². The van der Waals surface area contributed by atoms with Crippen LogP contribution in [-0.4, -0.2) is 47.2 Å². The first-order valence-corrected chi connectivity index (χ1v) is 13.4. The van der Waals surface area contributed by atoms with Gasteiger partial charge in [0, 0.05) is 49.1 Å². The fourth-order valence-corrected chi connectivity index (χ4v) is 4.97. The van der Waals surface area contributed by atoms with Gasteiger partial charge in [-0.1, -0.05) is 50.0 Å². The Bertz CT molecular complexity index is 1430. The minimum atomic E-state index is -2.79. The third-order valence-corrected chi connectivity index (χ3v) is 7.46. The molecule has 1 aliphatic heterocycles. The van der Waals surface area contributed by atoms with Crippen molar-refractivity contribution < 1.29 is 27.2 Å². The molecule has 4 rings (SSSR count). The second kappa shape index (κ2) is 11.4. The Hall–Kier alpha value is -3.05. The van der Waals surface area contributed by atoms with Gasteiger partial charge in [-0.15, -0.1) is 0 Å². The molecule has 0 bridgehead atoms. The van der Waals surface area contributed by atoms with Crippen molar-refractivity contribution in [3.05, 3.63) is 45.4 Å². The summed E-state index contributed by atoms with van der Waals surface area (Å²) in [5, 5.41) is 6.11. The summed E-state index contributed by atoms with van der Waals surface area (Å²) in [7, 11) is 0. The fourth-order valence-electron chi connectivity index (χ4n) is 4.44. The summed E-state index contributed by atoms with van der Waals surface area (Å²) in [5.41, 5.74) is 1.22. The maximum Gasteiger partial charge on any atom is 0.256 e. The van der Waals surface area contributed by atoms with Gasteiger partial charge in [0.15, 0.2) is 6.29 Å². The van der Waals surface area contributed by atoms with Crippen molar-refractivity contribution >= 4 is 63.8 Å². The highest BCUT2D eigenvalue weighted by molar-refractivity contribution is 6.39. The van der Waals surface area contributed by atoms with E-state index in [4.69, 9.17) is 23.2 Å². The Labute approximate surface area is 238 Å². The number of fused-ring (bicyclic) bond motifs is 1. The highest BCUT2D eigenvalue weighted by Crippen LogP contribution is 2.38. The van der Waals surface area contributed by atoms with Crippen molar-refractivity contribution in [1.29, 1.82) is 0 Å². The van der Waals surface area contributed by atoms with Gasteiger partial charge in [-0.2, -0.15) is 0 Å². The van der Waals surface area contributed by atoms with E-state index in [2.05, 4.69) is 15.6 Å². The molecule has 2 aromatic carbocycles. The van der Waals surface area contributed by atoms with Crippen molar-refractivity contribution in [1.82, 2.24) is 14.9 Å². The van der Waals surface area contributed by atoms with Gasteiger partial charge in [-0.25, -0.2) is 22.5 Å². The topological polar surface area (TPSA) is 79.3 Å². The minimum Gasteiger partial charge on any atom is -0.370 e. The van der Waals surface area contributed by atoms with Gasteiger partial charge in [-0.3, -0.25) is 9.59 Å². The molecule has 1 aromatic heterocycles. The molecule has 2 N–H and O–H groups in total. The van der Waals surface area contributed by atoms with Crippen LogP contribution in [0.3, 0.4) is 0 Å². The number of hydrogen-bond acceptors (Lipinski definition) is 5. The lowest BCUT2D eigenvalue weighted by Crippen LogP contribution is -2.39. The van der Waals surface area contributed by atoms with E-state index in [0.717, 1.165) is 0 Å². The Morgan fingerprint density at radius 1 is 1.18 bits per heavy atom. The summed E-state index contributed by atoms with van der Waals surface area (Å²) in [6, 6.07) is 6.17. The number of carbonyl (C=O) groups is 2. The lowest BCUT2D eigenvalue weighted by atomic mass is 9.95. The number of aldehydes is 1. The number of anilines is 3. The van der Waals surface area contributed by atoms with Gasteiger partial charge >= 0.3 is 0 Å². The zero-order valence-corrected chi connectivity index (χ0v) is 23.6. The second-order valence-electron chi connectivity index (χ2n) is 10.8. The first kappa shape index (κ1) is 29.9. The van der Waals surface area contributed by atoms with E-state index in [-0.39, 0.29) is 76.7 Å². The number of rotatable bonds is 8. The maximum atomic E-state index is 13.7. The third kappa shape index (κ3) is 6.46. The first-order valence-electron chi connectivity index (χ1n) is 12.6. The van der Waals surface area contributed by atoms with E-state index < -0.39 is 24.3 Å². The summed E-state index contributed by atoms with van der Waals surface area (Å²) in [6.45, 7) is 4.70. The molecule has 13 heteroatoms. The summed E-state index contributed by atoms with van der Waals surface area (Å²) < 4.78 is 56.1. The number of aromatic nitrogens is 2. The standard InChI is InChI=1S/C27H29Cl2F4N5O2/c1-26(2,3)24(40)34-12-15-4-5-17(28)23(22(15)29)36-25-35-18-10-16(14-39)19(11-20(18)38(25)13-21(30)31)37-8-6-27(32,33)7-9-37/h4-5,10-11,14,21H,6-9,12-13H2,1-3H3,(H,34,40)(H,35,36). The molecule has 1 fully saturated rings. The largest absolute Gasteiger partial charge is 0.370 e. The van der Waals surface area contributed by atoms with Crippen molar-refractivity contribution in [2.75, 3.05) is 23.3 Å². The number of carbonyl (C=O) groups excluding carboxylic acids is 2. The number of benzene rings is 2. The van der Waals surface area contributed by atoms with Crippen LogP contribution in [0.15, 0.2) is 24.3 Å². The van der Waals surface area contributed by atoms with Crippen LogP contribution in [0, 0.1) is 5.41 Å². The molecule has 1 amide bonds. The molecular weight excluding hydrogens is 573 g/mol. The zero-order valence-electron chi connectivity index (χ0n) is 22.1. The fraction of sp³-hybridized carbons (Fsp3) is 0.444. The molecule has 1 saturated heterocycles. The monoisotopic (exact) mass is 601 g/mol. The summed E-state index contributed by atoms with van der Waals surface area (Å²) in [4.78, 5) is 30.3. The Balaban J connectivity index is 1.73. The number of nitrogens with one attached hydrogen (secondary N) is 2. The van der Waals surface area contributed by atoms with Crippen LogP contribution in [0.1, 0.15) is 49.5 Å². The SMILES string of the molecule is CC(C)(C)C(=O)NCc1ccc(Cl)c(Nc2nc3cc(C=O)c(N4CCC(F)(F)CC4)cc3n2CC(F)F)c1Cl. The van der Waals surface area contributed by atoms with Crippen LogP contribution in [0.2, 0.25) is 10.0 Å². The predicted molar refractivity (Wildman–Crippen MR) is 149 cm³/mol. The van der Waals surface area contributed by atoms with Crippen molar-refractivity contribution in [3.63, 3.8) is 0 Å². The molecule has 0 saturated carbocycles. The van der Waals surface area contributed by atoms with Gasteiger partial charge in [-0.05, 0) is 23.8 Å². The Kier molecular flexibility index (Phi) is 8.56. The van der Waals surface area contributed by atoms with E-state index >= 15 is 0 Å². The lowest BCUT2D eigenvalue weighted by Gasteiger charge is -2.34. The molecule has 2 heterocycles. The highest BCUT2D eigenvalue weighted by atomic mass is 35.5. The molecule has 0 radical (unpaired) electrons. The molecule has 40 heavy (non-hydrogen) atoms. The number of amides is 1. The van der Waals surface area contributed by atoms with Crippen LogP contribution in [0.25, 0.3) is 11.0 Å². The number of nitrogens with zero attached hydrogens (tertiary/aromatic N) is 3. The third-order valence-electron chi connectivity index (χ3n) is 6.71. The van der Waals surface area contributed by atoms with Gasteiger partial charge in [0.25, 0.3) is 12.3 Å². The van der Waals surface area contributed by atoms with Crippen LogP contribution >= 0.6 is 23.2 Å². The van der Waals surface area contributed by atoms with Crippen LogP contribution in [0.5, 0.6) is 0 Å². The van der Waals surface area contributed by atoms with E-state index in [1.807, 2.05) is 0 Å². The lowest BCUT2D eigenvalue weighted by molar-refractivity contribution is -0.128. The van der Waals surface area contributed by atoms with Gasteiger partial charge < -0.3 is 20.1 Å². The summed E-state index contributed by atoms with van der Waals surface area (Å²) >= 11 is 13.0. The smallest absolute Gasteiger partial charge is 0.256 e. The molecule has 0 atom stereocenters. The van der Waals surface area contributed by atoms with Gasteiger partial charge in [0.1, 0.15) is 0 Å². The van der Waals surface area contributed by atoms with Gasteiger partial charge in [0.2, 0.25) is 11.9 Å². The average Bonchev–Trinajstić information content (AvgIpc) is 3.19. The van der Waals surface area contributed by atoms with Crippen LogP contribution < -0.4 is 15.5 Å². The molecule has 0 spiro atoms. The number of alkyl halides is 4. The average molecular weight is 602 g/mol. The quantitative estimate of drug-likeness (QED) is 0.213. The predicted octanol–water partition coefficient (Wildman–Crippen LogP) is 7.06. The molecule has 1 aliphatic rings. The molecule has 7 nitrogen and oxygen atoms in total. The summed E-state index contributed by atoms with van der Waals surface area (Å²) in [5.74, 6) is -2.99. The first-order chi connectivity index (χ1) is 18.7. The van der Waals surface area contributed by atoms with E-state index in [1.54, 1.807) is 37.8 Å². The van der Waals surface area contributed by atoms with Crippen LogP contribution in [-0.2, 0) is 17.9 Å². The summed E-state index contributed by atoms with van der Waals surface area (Å²) in [6.07, 6.45) is -2.93. The molecule has 0 unspecified atom stereocenters. The molecule has 3 aromatic rings. The number of halogens is 6. The zero-order chi connectivity index (χ0) is 29.4.